The first kappa shape index (κ1) is 15.6. The molecule has 2 aromatic rings. The summed E-state index contributed by atoms with van der Waals surface area (Å²) in [5, 5.41) is 8.45. The van der Waals surface area contributed by atoms with E-state index in [0.717, 1.165) is 12.3 Å². The number of ketones is 2. The van der Waals surface area contributed by atoms with Crippen LogP contribution in [0, 0.1) is 0 Å². The first-order chi connectivity index (χ1) is 10.3. The van der Waals surface area contributed by atoms with Crippen molar-refractivity contribution in [1.29, 1.82) is 0 Å². The van der Waals surface area contributed by atoms with Crippen LogP contribution in [0.1, 0.15) is 16.9 Å². The van der Waals surface area contributed by atoms with Crippen LogP contribution in [0.4, 0.5) is 0 Å². The van der Waals surface area contributed by atoms with Gasteiger partial charge in [-0.2, -0.15) is 0 Å². The highest BCUT2D eigenvalue weighted by molar-refractivity contribution is 7.91. The Hall–Kier alpha value is -2.74. The Balaban J connectivity index is 2.27. The van der Waals surface area contributed by atoms with E-state index < -0.39 is 33.8 Å². The van der Waals surface area contributed by atoms with Crippen LogP contribution in [-0.2, 0) is 19.4 Å². The van der Waals surface area contributed by atoms with Crippen LogP contribution in [0.2, 0.25) is 0 Å². The number of carbonyl (C=O) groups excluding carboxylic acids is 2. The Morgan fingerprint density at radius 3 is 2.27 bits per heavy atom. The molecule has 0 spiro atoms. The molecule has 2 N–H and O–H groups in total. The fourth-order valence-corrected chi connectivity index (χ4v) is 3.02. The largest absolute Gasteiger partial charge is 0.475 e. The van der Waals surface area contributed by atoms with E-state index in [1.54, 1.807) is 18.2 Å². The Bertz CT molecular complexity index is 835. The third kappa shape index (κ3) is 3.12. The van der Waals surface area contributed by atoms with Crippen LogP contribution in [-0.4, -0.2) is 36.0 Å². The van der Waals surface area contributed by atoms with Crippen molar-refractivity contribution < 1.29 is 27.9 Å². The number of aromatic nitrogens is 1. The lowest BCUT2D eigenvalue weighted by atomic mass is 10.1. The lowest BCUT2D eigenvalue weighted by molar-refractivity contribution is -0.148. The molecule has 7 nitrogen and oxygen atoms in total. The minimum Gasteiger partial charge on any atom is -0.475 e. The van der Waals surface area contributed by atoms with E-state index >= 15 is 0 Å². The molecule has 0 fully saturated rings. The van der Waals surface area contributed by atoms with Gasteiger partial charge in [0.05, 0.1) is 21.9 Å². The number of Topliss-reactive ketones (excluding diaryl/α,β-unsaturated/α-hetero) is 2. The molecule has 1 heterocycles. The van der Waals surface area contributed by atoms with E-state index in [1.807, 2.05) is 0 Å². The summed E-state index contributed by atoms with van der Waals surface area (Å²) in [6.07, 6.45) is 0.293. The first-order valence-corrected chi connectivity index (χ1v) is 7.58. The Morgan fingerprint density at radius 2 is 1.68 bits per heavy atom. The molecule has 0 radical (unpaired) electrons. The van der Waals surface area contributed by atoms with Crippen molar-refractivity contribution in [2.24, 2.45) is 0 Å². The van der Waals surface area contributed by atoms with Crippen molar-refractivity contribution in [2.45, 2.75) is 16.2 Å². The van der Waals surface area contributed by atoms with Crippen molar-refractivity contribution in [1.82, 2.24) is 4.98 Å². The number of aromatic amines is 1. The highest BCUT2D eigenvalue weighted by Crippen LogP contribution is 2.21. The van der Waals surface area contributed by atoms with Gasteiger partial charge in [0.15, 0.2) is 5.78 Å². The Kier molecular flexibility index (Phi) is 4.22. The summed E-state index contributed by atoms with van der Waals surface area (Å²) < 4.78 is 24.6. The summed E-state index contributed by atoms with van der Waals surface area (Å²) in [4.78, 5) is 35.5. The molecule has 114 valence electrons. The van der Waals surface area contributed by atoms with Crippen molar-refractivity contribution in [2.75, 3.05) is 0 Å². The molecular formula is C14H11NO6S. The summed E-state index contributed by atoms with van der Waals surface area (Å²) in [5.41, 5.74) is -0.135. The second kappa shape index (κ2) is 5.94. The monoisotopic (exact) mass is 321 g/mol. The fraction of sp³-hybridized carbons (Fsp3) is 0.0714. The van der Waals surface area contributed by atoms with Gasteiger partial charge in [-0.3, -0.25) is 9.59 Å². The quantitative estimate of drug-likeness (QED) is 0.466. The lowest BCUT2D eigenvalue weighted by Gasteiger charge is -2.00. The minimum atomic E-state index is -3.78. The fourth-order valence-electron chi connectivity index (χ4n) is 1.74. The van der Waals surface area contributed by atoms with Gasteiger partial charge in [-0.15, -0.1) is 0 Å². The van der Waals surface area contributed by atoms with Gasteiger partial charge in [-0.05, 0) is 18.2 Å². The molecule has 1 aromatic carbocycles. The summed E-state index contributed by atoms with van der Waals surface area (Å²) in [6, 6.07) is 8.71. The number of rotatable bonds is 6. The van der Waals surface area contributed by atoms with Gasteiger partial charge in [0, 0.05) is 6.20 Å². The molecule has 0 atom stereocenters. The molecule has 1 aromatic heterocycles. The second-order valence-electron chi connectivity index (χ2n) is 4.39. The van der Waals surface area contributed by atoms with Crippen molar-refractivity contribution in [3.63, 3.8) is 0 Å². The molecule has 0 aliphatic carbocycles. The number of carboxylic acid groups (broad SMARTS) is 1. The molecule has 0 saturated carbocycles. The first-order valence-electron chi connectivity index (χ1n) is 6.10. The van der Waals surface area contributed by atoms with Gasteiger partial charge in [-0.1, -0.05) is 18.2 Å². The van der Waals surface area contributed by atoms with Gasteiger partial charge in [0.25, 0.3) is 0 Å². The Morgan fingerprint density at radius 1 is 1.05 bits per heavy atom. The summed E-state index contributed by atoms with van der Waals surface area (Å²) in [7, 11) is -3.78. The van der Waals surface area contributed by atoms with Gasteiger partial charge in [0.2, 0.25) is 15.6 Å². The SMILES string of the molecule is O=C(O)C(=O)CC(=O)c1cc(S(=O)(=O)c2ccccc2)c[nH]1. The predicted octanol–water partition coefficient (Wildman–Crippen LogP) is 1.07. The maximum atomic E-state index is 12.3. The van der Waals surface area contributed by atoms with E-state index in [1.165, 1.54) is 12.1 Å². The number of hydrogen-bond acceptors (Lipinski definition) is 5. The summed E-state index contributed by atoms with van der Waals surface area (Å²) in [5.74, 6) is -3.76. The number of H-pyrrole nitrogens is 1. The van der Waals surface area contributed by atoms with Gasteiger partial charge >= 0.3 is 5.97 Å². The number of nitrogens with one attached hydrogen (secondary N) is 1. The van der Waals surface area contributed by atoms with E-state index in [4.69, 9.17) is 5.11 Å². The van der Waals surface area contributed by atoms with Crippen LogP contribution in [0.5, 0.6) is 0 Å². The molecule has 0 bridgehead atoms. The Labute approximate surface area is 125 Å². The van der Waals surface area contributed by atoms with Crippen LogP contribution < -0.4 is 0 Å². The lowest BCUT2D eigenvalue weighted by Crippen LogP contribution is -2.17. The maximum absolute atomic E-state index is 12.3. The number of carbonyl (C=O) groups is 3. The highest BCUT2D eigenvalue weighted by Gasteiger charge is 2.23. The number of aliphatic carboxylic acids is 1. The van der Waals surface area contributed by atoms with Crippen molar-refractivity contribution in [3.05, 3.63) is 48.3 Å². The number of carboxylic acids is 1. The number of hydrogen-bond donors (Lipinski definition) is 2. The van der Waals surface area contributed by atoms with Crippen LogP contribution >= 0.6 is 0 Å². The molecule has 0 saturated heterocycles. The smallest absolute Gasteiger partial charge is 0.372 e. The van der Waals surface area contributed by atoms with Crippen LogP contribution in [0.3, 0.4) is 0 Å². The van der Waals surface area contributed by atoms with Crippen molar-refractivity contribution >= 4 is 27.4 Å². The summed E-state index contributed by atoms with van der Waals surface area (Å²) >= 11 is 0. The molecular weight excluding hydrogens is 310 g/mol. The van der Waals surface area contributed by atoms with E-state index in [2.05, 4.69) is 4.98 Å². The average molecular weight is 321 g/mol. The maximum Gasteiger partial charge on any atom is 0.372 e. The third-order valence-electron chi connectivity index (χ3n) is 2.88. The summed E-state index contributed by atoms with van der Waals surface area (Å²) in [6.45, 7) is 0. The van der Waals surface area contributed by atoms with Crippen LogP contribution in [0.15, 0.2) is 52.4 Å². The number of sulfone groups is 1. The molecule has 0 aliphatic rings. The zero-order valence-corrected chi connectivity index (χ0v) is 12.0. The highest BCUT2D eigenvalue weighted by atomic mass is 32.2. The van der Waals surface area contributed by atoms with E-state index in [0.29, 0.717) is 0 Å². The molecule has 22 heavy (non-hydrogen) atoms. The van der Waals surface area contributed by atoms with Crippen LogP contribution in [0.25, 0.3) is 0 Å². The standard InChI is InChI=1S/C14H11NO6S/c16-12(7-13(17)14(18)19)11-6-10(8-15-11)22(20,21)9-4-2-1-3-5-9/h1-6,8,15H,7H2,(H,18,19). The number of benzene rings is 1. The normalized spacial score (nSPS) is 11.1. The molecule has 8 heteroatoms. The minimum absolute atomic E-state index is 0.0645. The molecule has 2 rings (SSSR count). The zero-order valence-electron chi connectivity index (χ0n) is 11.1. The molecule has 0 unspecified atom stereocenters. The average Bonchev–Trinajstić information content (AvgIpc) is 2.98. The zero-order chi connectivity index (χ0) is 16.3. The molecule has 0 aliphatic heterocycles. The second-order valence-corrected chi connectivity index (χ2v) is 6.34. The van der Waals surface area contributed by atoms with E-state index in [-0.39, 0.29) is 15.5 Å². The molecule has 0 amide bonds. The van der Waals surface area contributed by atoms with Gasteiger partial charge < -0.3 is 10.1 Å². The van der Waals surface area contributed by atoms with E-state index in [9.17, 15) is 22.8 Å². The third-order valence-corrected chi connectivity index (χ3v) is 4.63. The predicted molar refractivity (Wildman–Crippen MR) is 74.3 cm³/mol. The van der Waals surface area contributed by atoms with Crippen molar-refractivity contribution in [3.8, 4) is 0 Å². The van der Waals surface area contributed by atoms with Gasteiger partial charge in [0.1, 0.15) is 0 Å². The topological polar surface area (TPSA) is 121 Å². The van der Waals surface area contributed by atoms with Gasteiger partial charge in [-0.25, -0.2) is 13.2 Å².